The predicted octanol–water partition coefficient (Wildman–Crippen LogP) is 5.11. The predicted molar refractivity (Wildman–Crippen MR) is 84.5 cm³/mol. The topological polar surface area (TPSA) is 26.3 Å². The largest absolute Gasteiger partial charge is 0.451 e. The summed E-state index contributed by atoms with van der Waals surface area (Å²) in [6, 6.07) is 0. The van der Waals surface area contributed by atoms with Gasteiger partial charge in [-0.05, 0) is 25.8 Å². The molecule has 0 spiro atoms. The fraction of sp³-hybridized carbons (Fsp3) is 0.611. The van der Waals surface area contributed by atoms with Crippen molar-refractivity contribution in [2.45, 2.75) is 70.8 Å². The van der Waals surface area contributed by atoms with Crippen LogP contribution in [-0.2, 0) is 9.53 Å². The molecule has 1 saturated heterocycles. The van der Waals surface area contributed by atoms with Crippen LogP contribution in [0.25, 0.3) is 0 Å². The Morgan fingerprint density at radius 2 is 1.90 bits per heavy atom. The second-order valence-electron chi connectivity index (χ2n) is 5.83. The lowest BCUT2D eigenvalue weighted by molar-refractivity contribution is -0.141. The van der Waals surface area contributed by atoms with Gasteiger partial charge in [-0.2, -0.15) is 0 Å². The number of ether oxygens (including phenoxy) is 1. The van der Waals surface area contributed by atoms with Gasteiger partial charge in [0.2, 0.25) is 0 Å². The van der Waals surface area contributed by atoms with Crippen molar-refractivity contribution in [1.82, 2.24) is 0 Å². The van der Waals surface area contributed by atoms with Crippen molar-refractivity contribution >= 4 is 5.97 Å². The molecule has 0 aromatic heterocycles. The first-order valence-electron chi connectivity index (χ1n) is 7.83. The molecular formula is C18H28O2. The molecule has 1 heterocycles. The van der Waals surface area contributed by atoms with Crippen molar-refractivity contribution in [3.63, 3.8) is 0 Å². The molecule has 0 saturated carbocycles. The van der Waals surface area contributed by atoms with E-state index < -0.39 is 5.60 Å². The van der Waals surface area contributed by atoms with Crippen molar-refractivity contribution in [2.75, 3.05) is 0 Å². The van der Waals surface area contributed by atoms with Crippen molar-refractivity contribution in [3.05, 3.63) is 36.5 Å². The number of cyclic esters (lactones) is 1. The van der Waals surface area contributed by atoms with Gasteiger partial charge in [0.1, 0.15) is 5.60 Å². The Morgan fingerprint density at radius 1 is 1.20 bits per heavy atom. The van der Waals surface area contributed by atoms with E-state index in [1.54, 1.807) is 0 Å². The summed E-state index contributed by atoms with van der Waals surface area (Å²) in [5.41, 5.74) is 0.0618. The number of esters is 1. The third-order valence-electron chi connectivity index (χ3n) is 3.60. The summed E-state index contributed by atoms with van der Waals surface area (Å²) in [6.45, 7) is 7.86. The van der Waals surface area contributed by atoms with Crippen molar-refractivity contribution in [3.8, 4) is 0 Å². The molecular weight excluding hydrogens is 248 g/mol. The number of carbonyl (C=O) groups is 1. The van der Waals surface area contributed by atoms with Gasteiger partial charge >= 0.3 is 5.97 Å². The van der Waals surface area contributed by atoms with Gasteiger partial charge in [-0.25, -0.2) is 4.79 Å². The van der Waals surface area contributed by atoms with Crippen LogP contribution in [0.2, 0.25) is 0 Å². The van der Waals surface area contributed by atoms with Crippen LogP contribution in [-0.4, -0.2) is 11.6 Å². The van der Waals surface area contributed by atoms with E-state index in [1.165, 1.54) is 38.5 Å². The molecule has 0 aliphatic carbocycles. The molecule has 1 aliphatic rings. The lowest BCUT2D eigenvalue weighted by Crippen LogP contribution is -2.19. The number of allylic oxidation sites excluding steroid dienone is 3. The highest BCUT2D eigenvalue weighted by atomic mass is 16.6. The zero-order valence-corrected chi connectivity index (χ0v) is 13.0. The van der Waals surface area contributed by atoms with Crippen molar-refractivity contribution < 1.29 is 9.53 Å². The number of carbonyl (C=O) groups excluding carboxylic acids is 1. The van der Waals surface area contributed by atoms with Crippen molar-refractivity contribution in [1.29, 1.82) is 0 Å². The van der Waals surface area contributed by atoms with Crippen LogP contribution < -0.4 is 0 Å². The lowest BCUT2D eigenvalue weighted by Gasteiger charge is -2.16. The monoisotopic (exact) mass is 276 g/mol. The van der Waals surface area contributed by atoms with Crippen LogP contribution in [0, 0.1) is 0 Å². The summed E-state index contributed by atoms with van der Waals surface area (Å²) in [6.07, 6.45) is 17.8. The summed E-state index contributed by atoms with van der Waals surface area (Å²) in [7, 11) is 0. The van der Waals surface area contributed by atoms with Gasteiger partial charge in [-0.3, -0.25) is 0 Å². The maximum Gasteiger partial charge on any atom is 0.334 e. The zero-order chi connectivity index (χ0) is 14.8. The first-order valence-corrected chi connectivity index (χ1v) is 7.83. The average molecular weight is 276 g/mol. The Hall–Kier alpha value is -1.31. The minimum atomic E-state index is -0.501. The van der Waals surface area contributed by atoms with E-state index >= 15 is 0 Å². The summed E-state index contributed by atoms with van der Waals surface area (Å²) >= 11 is 0. The smallest absolute Gasteiger partial charge is 0.334 e. The number of unbranched alkanes of at least 4 members (excludes halogenated alkanes) is 6. The van der Waals surface area contributed by atoms with E-state index in [2.05, 4.69) is 19.6 Å². The number of hydrogen-bond donors (Lipinski definition) is 0. The molecule has 0 amide bonds. The van der Waals surface area contributed by atoms with Crippen LogP contribution in [0.3, 0.4) is 0 Å². The Balaban J connectivity index is 2.13. The molecule has 1 unspecified atom stereocenters. The van der Waals surface area contributed by atoms with Crippen LogP contribution in [0.4, 0.5) is 0 Å². The highest BCUT2D eigenvalue weighted by molar-refractivity contribution is 5.90. The lowest BCUT2D eigenvalue weighted by atomic mass is 10.00. The maximum atomic E-state index is 11.3. The zero-order valence-electron chi connectivity index (χ0n) is 13.0. The van der Waals surface area contributed by atoms with Crippen LogP contribution in [0.15, 0.2) is 36.5 Å². The van der Waals surface area contributed by atoms with E-state index in [4.69, 9.17) is 4.74 Å². The van der Waals surface area contributed by atoms with Gasteiger partial charge in [0.25, 0.3) is 0 Å². The van der Waals surface area contributed by atoms with Crippen molar-refractivity contribution in [2.24, 2.45) is 0 Å². The first kappa shape index (κ1) is 16.7. The Labute approximate surface area is 123 Å². The van der Waals surface area contributed by atoms with Crippen LogP contribution in [0.5, 0.6) is 0 Å². The molecule has 20 heavy (non-hydrogen) atoms. The van der Waals surface area contributed by atoms with Gasteiger partial charge in [0.15, 0.2) is 0 Å². The molecule has 112 valence electrons. The molecule has 0 radical (unpaired) electrons. The summed E-state index contributed by atoms with van der Waals surface area (Å²) in [5.74, 6) is -0.270. The van der Waals surface area contributed by atoms with Gasteiger partial charge in [-0.1, -0.05) is 63.8 Å². The third kappa shape index (κ3) is 6.23. The summed E-state index contributed by atoms with van der Waals surface area (Å²) in [4.78, 5) is 11.3. The van der Waals surface area contributed by atoms with Gasteiger partial charge in [0, 0.05) is 12.0 Å². The Kier molecular flexibility index (Phi) is 7.35. The van der Waals surface area contributed by atoms with E-state index in [0.29, 0.717) is 12.0 Å². The maximum absolute atomic E-state index is 11.3. The fourth-order valence-electron chi connectivity index (χ4n) is 2.39. The van der Waals surface area contributed by atoms with E-state index in [0.717, 1.165) is 6.42 Å². The van der Waals surface area contributed by atoms with E-state index in [9.17, 15) is 4.79 Å². The quantitative estimate of drug-likeness (QED) is 0.253. The average Bonchev–Trinajstić information content (AvgIpc) is 2.66. The Morgan fingerprint density at radius 3 is 2.55 bits per heavy atom. The first-order chi connectivity index (χ1) is 9.57. The molecule has 0 aromatic carbocycles. The van der Waals surface area contributed by atoms with Gasteiger partial charge in [-0.15, -0.1) is 0 Å². The third-order valence-corrected chi connectivity index (χ3v) is 3.60. The highest BCUT2D eigenvalue weighted by Gasteiger charge is 2.36. The molecule has 2 heteroatoms. The standard InChI is InChI=1S/C18H28O2/c1-4-5-6-7-8-9-10-11-12-13-14-18(3)15-16(2)17(19)20-18/h11-14H,2,4-10,15H2,1,3H3. The SMILES string of the molecule is C=C1CC(C)(C=CC=CCCCCCCCC)OC1=O. The molecule has 0 N–H and O–H groups in total. The van der Waals surface area contributed by atoms with E-state index in [1.807, 2.05) is 25.2 Å². The van der Waals surface area contributed by atoms with E-state index in [-0.39, 0.29) is 5.97 Å². The highest BCUT2D eigenvalue weighted by Crippen LogP contribution is 2.30. The summed E-state index contributed by atoms with van der Waals surface area (Å²) in [5, 5.41) is 0. The van der Waals surface area contributed by atoms with Crippen LogP contribution in [0.1, 0.15) is 65.2 Å². The fourth-order valence-corrected chi connectivity index (χ4v) is 2.39. The van der Waals surface area contributed by atoms with Gasteiger partial charge < -0.3 is 4.74 Å². The molecule has 1 aliphatic heterocycles. The second-order valence-corrected chi connectivity index (χ2v) is 5.83. The molecule has 0 bridgehead atoms. The minimum absolute atomic E-state index is 0.270. The normalized spacial score (nSPS) is 23.1. The number of hydrogen-bond acceptors (Lipinski definition) is 2. The molecule has 0 aromatic rings. The minimum Gasteiger partial charge on any atom is -0.451 e. The Bertz CT molecular complexity index is 361. The summed E-state index contributed by atoms with van der Waals surface area (Å²) < 4.78 is 5.28. The molecule has 1 atom stereocenters. The molecule has 2 nitrogen and oxygen atoms in total. The second kappa shape index (κ2) is 8.78. The van der Waals surface area contributed by atoms with Crippen LogP contribution >= 0.6 is 0 Å². The van der Waals surface area contributed by atoms with Gasteiger partial charge in [0.05, 0.1) is 0 Å². The molecule has 1 rings (SSSR count). The number of rotatable bonds is 9. The molecule has 1 fully saturated rings.